The Kier molecular flexibility index (Phi) is 62.1. The lowest BCUT2D eigenvalue weighted by atomic mass is 10.0. The SMILES string of the molecule is CCCCCCCC/C=C\CCCCCCCCCCCC(=O)OC(COC(=O)CCCCCCCCCCCCCCCC)COC(=O)CCCCCCCCCCCCCCCCCCCCCCCCC. The zero-order valence-corrected chi connectivity index (χ0v) is 50.4. The molecule has 0 bridgehead atoms. The molecule has 0 aromatic rings. The molecule has 0 rings (SSSR count). The van der Waals surface area contributed by atoms with Crippen LogP contribution in [0.4, 0.5) is 0 Å². The molecule has 0 aliphatic rings. The molecule has 0 radical (unpaired) electrons. The normalized spacial score (nSPS) is 12.0. The van der Waals surface area contributed by atoms with E-state index in [1.54, 1.807) is 0 Å². The van der Waals surface area contributed by atoms with Crippen molar-refractivity contribution < 1.29 is 28.6 Å². The largest absolute Gasteiger partial charge is 0.462 e. The first-order chi connectivity index (χ1) is 36.5. The second-order valence-electron chi connectivity index (χ2n) is 23.1. The lowest BCUT2D eigenvalue weighted by Gasteiger charge is -2.18. The predicted molar refractivity (Wildman–Crippen MR) is 321 cm³/mol. The van der Waals surface area contributed by atoms with Crippen LogP contribution in [0.1, 0.15) is 387 Å². The van der Waals surface area contributed by atoms with Crippen molar-refractivity contribution in [1.29, 1.82) is 0 Å². The van der Waals surface area contributed by atoms with Gasteiger partial charge in [-0.15, -0.1) is 0 Å². The fourth-order valence-electron chi connectivity index (χ4n) is 10.4. The van der Waals surface area contributed by atoms with Gasteiger partial charge in [0.2, 0.25) is 0 Å². The second-order valence-corrected chi connectivity index (χ2v) is 23.1. The van der Waals surface area contributed by atoms with Crippen molar-refractivity contribution in [2.45, 2.75) is 393 Å². The summed E-state index contributed by atoms with van der Waals surface area (Å²) in [7, 11) is 0. The number of ether oxygens (including phenoxy) is 3. The molecule has 0 aromatic carbocycles. The highest BCUT2D eigenvalue weighted by atomic mass is 16.6. The molecule has 1 unspecified atom stereocenters. The second kappa shape index (κ2) is 63.7. The van der Waals surface area contributed by atoms with E-state index in [1.165, 1.54) is 289 Å². The summed E-state index contributed by atoms with van der Waals surface area (Å²) in [5, 5.41) is 0. The monoisotopic (exact) mass is 1040 g/mol. The number of carbonyl (C=O) groups is 3. The molecule has 0 saturated carbocycles. The molecule has 0 spiro atoms. The lowest BCUT2D eigenvalue weighted by molar-refractivity contribution is -0.167. The first-order valence-electron chi connectivity index (χ1n) is 33.7. The van der Waals surface area contributed by atoms with Crippen LogP contribution in [-0.4, -0.2) is 37.2 Å². The third-order valence-electron chi connectivity index (χ3n) is 15.5. The van der Waals surface area contributed by atoms with E-state index in [4.69, 9.17) is 14.2 Å². The zero-order chi connectivity index (χ0) is 53.6. The van der Waals surface area contributed by atoms with Crippen molar-refractivity contribution >= 4 is 17.9 Å². The maximum absolute atomic E-state index is 12.9. The molecule has 6 heteroatoms. The number of hydrogen-bond acceptors (Lipinski definition) is 6. The van der Waals surface area contributed by atoms with Gasteiger partial charge in [0.05, 0.1) is 0 Å². The Bertz CT molecular complexity index is 1150. The van der Waals surface area contributed by atoms with E-state index in [9.17, 15) is 14.4 Å². The Labute approximate surface area is 462 Å². The molecule has 74 heavy (non-hydrogen) atoms. The third kappa shape index (κ3) is 61.0. The van der Waals surface area contributed by atoms with Gasteiger partial charge in [0, 0.05) is 19.3 Å². The van der Waals surface area contributed by atoms with Gasteiger partial charge in [0.25, 0.3) is 0 Å². The quantitative estimate of drug-likeness (QED) is 0.0261. The Balaban J connectivity index is 4.25. The van der Waals surface area contributed by atoms with Gasteiger partial charge < -0.3 is 14.2 Å². The summed E-state index contributed by atoms with van der Waals surface area (Å²) in [6.07, 6.45) is 75.1. The van der Waals surface area contributed by atoms with E-state index in [-0.39, 0.29) is 31.1 Å². The van der Waals surface area contributed by atoms with Crippen LogP contribution in [0.3, 0.4) is 0 Å². The molecule has 0 saturated heterocycles. The Hall–Kier alpha value is -1.85. The van der Waals surface area contributed by atoms with E-state index in [0.29, 0.717) is 19.3 Å². The molecule has 0 aromatic heterocycles. The predicted octanol–water partition coefficient (Wildman–Crippen LogP) is 22.8. The number of carbonyl (C=O) groups excluding carboxylic acids is 3. The number of rotatable bonds is 63. The zero-order valence-electron chi connectivity index (χ0n) is 50.4. The van der Waals surface area contributed by atoms with Crippen molar-refractivity contribution in [3.8, 4) is 0 Å². The summed E-state index contributed by atoms with van der Waals surface area (Å²) < 4.78 is 17.0. The number of unbranched alkanes of at least 4 members (excludes halogenated alkanes) is 50. The lowest BCUT2D eigenvalue weighted by Crippen LogP contribution is -2.30. The first kappa shape index (κ1) is 72.2. The molecule has 0 aliphatic carbocycles. The molecule has 0 N–H and O–H groups in total. The van der Waals surface area contributed by atoms with Crippen LogP contribution >= 0.6 is 0 Å². The summed E-state index contributed by atoms with van der Waals surface area (Å²) in [6.45, 7) is 6.72. The Morgan fingerprint density at radius 3 is 0.676 bits per heavy atom. The van der Waals surface area contributed by atoms with E-state index < -0.39 is 6.10 Å². The fourth-order valence-corrected chi connectivity index (χ4v) is 10.4. The van der Waals surface area contributed by atoms with Crippen LogP contribution in [0.25, 0.3) is 0 Å². The molecular weight excluding hydrogens is 913 g/mol. The van der Waals surface area contributed by atoms with Gasteiger partial charge in [-0.1, -0.05) is 335 Å². The van der Waals surface area contributed by atoms with Crippen molar-refractivity contribution in [1.82, 2.24) is 0 Å². The molecular formula is C68H130O6. The number of hydrogen-bond donors (Lipinski definition) is 0. The molecule has 6 nitrogen and oxygen atoms in total. The molecule has 1 atom stereocenters. The van der Waals surface area contributed by atoms with E-state index >= 15 is 0 Å². The fraction of sp³-hybridized carbons (Fsp3) is 0.926. The molecule has 0 amide bonds. The third-order valence-corrected chi connectivity index (χ3v) is 15.5. The van der Waals surface area contributed by atoms with Gasteiger partial charge in [-0.05, 0) is 44.9 Å². The van der Waals surface area contributed by atoms with Crippen molar-refractivity contribution in [3.63, 3.8) is 0 Å². The highest BCUT2D eigenvalue weighted by Gasteiger charge is 2.19. The van der Waals surface area contributed by atoms with Crippen molar-refractivity contribution in [3.05, 3.63) is 12.2 Å². The van der Waals surface area contributed by atoms with Gasteiger partial charge in [-0.2, -0.15) is 0 Å². The summed E-state index contributed by atoms with van der Waals surface area (Å²) in [5.74, 6) is -0.833. The highest BCUT2D eigenvalue weighted by molar-refractivity contribution is 5.71. The Morgan fingerprint density at radius 2 is 0.446 bits per heavy atom. The van der Waals surface area contributed by atoms with Crippen LogP contribution in [0.5, 0.6) is 0 Å². The summed E-state index contributed by atoms with van der Waals surface area (Å²) in [6, 6.07) is 0. The highest BCUT2D eigenvalue weighted by Crippen LogP contribution is 2.19. The van der Waals surface area contributed by atoms with Gasteiger partial charge in [0.15, 0.2) is 6.10 Å². The van der Waals surface area contributed by atoms with Gasteiger partial charge in [-0.3, -0.25) is 14.4 Å². The average molecular weight is 1040 g/mol. The van der Waals surface area contributed by atoms with E-state index in [2.05, 4.69) is 32.9 Å². The van der Waals surface area contributed by atoms with Gasteiger partial charge in [0.1, 0.15) is 13.2 Å². The van der Waals surface area contributed by atoms with Crippen LogP contribution in [0.2, 0.25) is 0 Å². The first-order valence-corrected chi connectivity index (χ1v) is 33.7. The van der Waals surface area contributed by atoms with Crippen molar-refractivity contribution in [2.75, 3.05) is 13.2 Å². The van der Waals surface area contributed by atoms with Crippen LogP contribution in [0.15, 0.2) is 12.2 Å². The maximum atomic E-state index is 12.9. The average Bonchev–Trinajstić information content (AvgIpc) is 3.40. The van der Waals surface area contributed by atoms with E-state index in [1.807, 2.05) is 0 Å². The minimum atomic E-state index is -0.767. The molecule has 0 aliphatic heterocycles. The Morgan fingerprint density at radius 1 is 0.257 bits per heavy atom. The molecule has 438 valence electrons. The number of allylic oxidation sites excluding steroid dienone is 2. The minimum absolute atomic E-state index is 0.0639. The summed E-state index contributed by atoms with van der Waals surface area (Å²) >= 11 is 0. The minimum Gasteiger partial charge on any atom is -0.462 e. The standard InChI is InChI=1S/C68H130O6/c1-4-7-10-13-16-19-22-25-28-30-32-33-34-35-37-38-40-43-46-49-52-55-58-61-67(70)73-64-65(63-72-66(69)60-57-54-51-48-45-42-27-24-21-18-15-12-9-6-3)74-68(71)62-59-56-53-50-47-44-41-39-36-31-29-26-23-20-17-14-11-8-5-2/h26,29,65H,4-25,27-28,30-64H2,1-3H3/b29-26-. The summed E-state index contributed by atoms with van der Waals surface area (Å²) in [5.41, 5.74) is 0. The maximum Gasteiger partial charge on any atom is 0.306 e. The van der Waals surface area contributed by atoms with Gasteiger partial charge in [-0.25, -0.2) is 0 Å². The topological polar surface area (TPSA) is 78.9 Å². The van der Waals surface area contributed by atoms with Crippen molar-refractivity contribution in [2.24, 2.45) is 0 Å². The van der Waals surface area contributed by atoms with E-state index in [0.717, 1.165) is 57.8 Å². The van der Waals surface area contributed by atoms with Crippen LogP contribution in [-0.2, 0) is 28.6 Å². The van der Waals surface area contributed by atoms with Crippen LogP contribution < -0.4 is 0 Å². The smallest absolute Gasteiger partial charge is 0.306 e. The summed E-state index contributed by atoms with van der Waals surface area (Å²) in [4.78, 5) is 38.4. The molecule has 0 heterocycles. The van der Waals surface area contributed by atoms with Crippen LogP contribution in [0, 0.1) is 0 Å². The van der Waals surface area contributed by atoms with Gasteiger partial charge >= 0.3 is 17.9 Å². The molecule has 0 fully saturated rings. The number of esters is 3.